The highest BCUT2D eigenvalue weighted by atomic mass is 16.1. The molecule has 0 bridgehead atoms. The largest absolute Gasteiger partial charge is 0.286 e. The lowest BCUT2D eigenvalue weighted by Gasteiger charge is -2.09. The van der Waals surface area contributed by atoms with E-state index in [0.29, 0.717) is 10.9 Å². The summed E-state index contributed by atoms with van der Waals surface area (Å²) >= 11 is 0. The molecule has 2 aromatic carbocycles. The topological polar surface area (TPSA) is 58.7 Å². The van der Waals surface area contributed by atoms with Gasteiger partial charge in [0.05, 0.1) is 16.6 Å². The van der Waals surface area contributed by atoms with Crippen LogP contribution in [-0.2, 0) is 0 Å². The maximum atomic E-state index is 12.0. The smallest absolute Gasteiger partial charge is 0.226 e. The summed E-state index contributed by atoms with van der Waals surface area (Å²) in [6.45, 7) is 0. The minimum Gasteiger partial charge on any atom is -0.286 e. The fourth-order valence-corrected chi connectivity index (χ4v) is 2.02. The third-order valence-electron chi connectivity index (χ3n) is 2.90. The second-order valence-corrected chi connectivity index (χ2v) is 4.05. The van der Waals surface area contributed by atoms with E-state index in [4.69, 9.17) is 5.26 Å². The van der Waals surface area contributed by atoms with Crippen molar-refractivity contribution in [1.29, 1.82) is 5.26 Å². The van der Waals surface area contributed by atoms with Gasteiger partial charge in [-0.15, -0.1) is 0 Å². The quantitative estimate of drug-likeness (QED) is 0.662. The van der Waals surface area contributed by atoms with E-state index < -0.39 is 0 Å². The summed E-state index contributed by atoms with van der Waals surface area (Å²) in [6.07, 6.45) is 0. The molecule has 0 amide bonds. The molecule has 1 aromatic heterocycles. The predicted octanol–water partition coefficient (Wildman–Crippen LogP) is 2.26. The standard InChI is InChI=1S/C15H9N3O/c16-10-13-15(19)12-8-4-5-9-14(12)18(17-13)11-6-2-1-3-7-11/h1-9H. The van der Waals surface area contributed by atoms with Gasteiger partial charge in [-0.3, -0.25) is 4.79 Å². The Morgan fingerprint density at radius 3 is 2.42 bits per heavy atom. The van der Waals surface area contributed by atoms with Gasteiger partial charge >= 0.3 is 0 Å². The fraction of sp³-hybridized carbons (Fsp3) is 0. The highest BCUT2D eigenvalue weighted by molar-refractivity contribution is 5.80. The summed E-state index contributed by atoms with van der Waals surface area (Å²) in [6, 6.07) is 18.4. The Kier molecular flexibility index (Phi) is 2.58. The summed E-state index contributed by atoms with van der Waals surface area (Å²) in [4.78, 5) is 12.0. The SMILES string of the molecule is N#Cc1nn(-c2ccccc2)c2ccccc2c1=O. The molecule has 0 unspecified atom stereocenters. The summed E-state index contributed by atoms with van der Waals surface area (Å²) < 4.78 is 1.62. The van der Waals surface area contributed by atoms with E-state index in [1.165, 1.54) is 0 Å². The number of rotatable bonds is 1. The average Bonchev–Trinajstić information content (AvgIpc) is 2.49. The second kappa shape index (κ2) is 4.39. The first-order chi connectivity index (χ1) is 9.31. The lowest BCUT2D eigenvalue weighted by molar-refractivity contribution is 0.866. The van der Waals surface area contributed by atoms with Crippen LogP contribution in [0.1, 0.15) is 5.69 Å². The van der Waals surface area contributed by atoms with Crippen molar-refractivity contribution < 1.29 is 0 Å². The molecule has 90 valence electrons. The van der Waals surface area contributed by atoms with Crippen LogP contribution in [0.5, 0.6) is 0 Å². The number of nitrogens with zero attached hydrogens (tertiary/aromatic N) is 3. The van der Waals surface area contributed by atoms with Crippen LogP contribution in [0.3, 0.4) is 0 Å². The van der Waals surface area contributed by atoms with Gasteiger partial charge in [-0.2, -0.15) is 10.4 Å². The van der Waals surface area contributed by atoms with Crippen LogP contribution >= 0.6 is 0 Å². The number of aromatic nitrogens is 2. The molecule has 0 N–H and O–H groups in total. The van der Waals surface area contributed by atoms with Crippen molar-refractivity contribution in [2.45, 2.75) is 0 Å². The van der Waals surface area contributed by atoms with E-state index >= 15 is 0 Å². The van der Waals surface area contributed by atoms with Crippen molar-refractivity contribution in [2.24, 2.45) is 0 Å². The molecule has 0 atom stereocenters. The molecule has 3 rings (SSSR count). The molecular formula is C15H9N3O. The van der Waals surface area contributed by atoms with Crippen molar-refractivity contribution >= 4 is 10.9 Å². The Hall–Kier alpha value is -2.93. The normalized spacial score (nSPS) is 10.3. The number of nitriles is 1. The van der Waals surface area contributed by atoms with Gasteiger partial charge in [-0.25, -0.2) is 4.68 Å². The van der Waals surface area contributed by atoms with Gasteiger partial charge in [0.2, 0.25) is 11.1 Å². The van der Waals surface area contributed by atoms with E-state index in [1.54, 1.807) is 16.8 Å². The van der Waals surface area contributed by atoms with Crippen LogP contribution in [0.25, 0.3) is 16.6 Å². The molecule has 3 aromatic rings. The molecule has 0 fully saturated rings. The molecule has 0 spiro atoms. The fourth-order valence-electron chi connectivity index (χ4n) is 2.02. The summed E-state index contributed by atoms with van der Waals surface area (Å²) in [5.41, 5.74) is 1.08. The van der Waals surface area contributed by atoms with Crippen LogP contribution in [0.2, 0.25) is 0 Å². The molecular weight excluding hydrogens is 238 g/mol. The first kappa shape index (κ1) is 11.2. The number of hydrogen-bond donors (Lipinski definition) is 0. The van der Waals surface area contributed by atoms with Gasteiger partial charge in [-0.1, -0.05) is 30.3 Å². The summed E-state index contributed by atoms with van der Waals surface area (Å²) in [5.74, 6) is 0. The van der Waals surface area contributed by atoms with Crippen LogP contribution in [0.15, 0.2) is 59.4 Å². The number of hydrogen-bond acceptors (Lipinski definition) is 3. The zero-order valence-corrected chi connectivity index (χ0v) is 9.95. The molecule has 19 heavy (non-hydrogen) atoms. The minimum absolute atomic E-state index is 0.0949. The molecule has 1 heterocycles. The maximum absolute atomic E-state index is 12.0. The molecule has 0 saturated carbocycles. The van der Waals surface area contributed by atoms with Crippen LogP contribution in [0, 0.1) is 11.3 Å². The zero-order chi connectivity index (χ0) is 13.2. The van der Waals surface area contributed by atoms with Gasteiger partial charge in [0.25, 0.3) is 0 Å². The monoisotopic (exact) mass is 247 g/mol. The van der Waals surface area contributed by atoms with Crippen LogP contribution in [0.4, 0.5) is 0 Å². The van der Waals surface area contributed by atoms with E-state index in [2.05, 4.69) is 5.10 Å². The number of para-hydroxylation sites is 2. The molecule has 4 nitrogen and oxygen atoms in total. The Labute approximate surface area is 109 Å². The Morgan fingerprint density at radius 2 is 1.68 bits per heavy atom. The maximum Gasteiger partial charge on any atom is 0.226 e. The lowest BCUT2D eigenvalue weighted by Crippen LogP contribution is -2.16. The van der Waals surface area contributed by atoms with Crippen molar-refractivity contribution in [3.63, 3.8) is 0 Å². The van der Waals surface area contributed by atoms with Gasteiger partial charge in [0.1, 0.15) is 6.07 Å². The molecule has 0 saturated heterocycles. The van der Waals surface area contributed by atoms with Crippen molar-refractivity contribution in [1.82, 2.24) is 9.78 Å². The van der Waals surface area contributed by atoms with Crippen molar-refractivity contribution in [3.8, 4) is 11.8 Å². The molecule has 0 aliphatic rings. The third-order valence-corrected chi connectivity index (χ3v) is 2.90. The third kappa shape index (κ3) is 1.78. The minimum atomic E-state index is -0.328. The average molecular weight is 247 g/mol. The molecule has 0 radical (unpaired) electrons. The van der Waals surface area contributed by atoms with Gasteiger partial charge < -0.3 is 0 Å². The Bertz CT molecular complexity index is 845. The molecule has 4 heteroatoms. The second-order valence-electron chi connectivity index (χ2n) is 4.05. The Morgan fingerprint density at radius 1 is 1.00 bits per heavy atom. The number of benzene rings is 2. The Balaban J connectivity index is 2.47. The van der Waals surface area contributed by atoms with E-state index in [1.807, 2.05) is 48.5 Å². The van der Waals surface area contributed by atoms with E-state index in [-0.39, 0.29) is 11.1 Å². The highest BCUT2D eigenvalue weighted by Gasteiger charge is 2.10. The first-order valence-corrected chi connectivity index (χ1v) is 5.79. The highest BCUT2D eigenvalue weighted by Crippen LogP contribution is 2.14. The van der Waals surface area contributed by atoms with Gasteiger partial charge in [0, 0.05) is 0 Å². The predicted molar refractivity (Wildman–Crippen MR) is 72.1 cm³/mol. The molecule has 0 aliphatic heterocycles. The zero-order valence-electron chi connectivity index (χ0n) is 9.95. The summed E-state index contributed by atoms with van der Waals surface area (Å²) in [5, 5.41) is 13.7. The van der Waals surface area contributed by atoms with E-state index in [0.717, 1.165) is 5.69 Å². The van der Waals surface area contributed by atoms with Crippen LogP contribution < -0.4 is 5.43 Å². The van der Waals surface area contributed by atoms with Crippen LogP contribution in [-0.4, -0.2) is 9.78 Å². The lowest BCUT2D eigenvalue weighted by atomic mass is 10.2. The first-order valence-electron chi connectivity index (χ1n) is 5.79. The summed E-state index contributed by atoms with van der Waals surface area (Å²) in [7, 11) is 0. The van der Waals surface area contributed by atoms with Gasteiger partial charge in [-0.05, 0) is 24.3 Å². The van der Waals surface area contributed by atoms with Gasteiger partial charge in [0.15, 0.2) is 0 Å². The van der Waals surface area contributed by atoms with E-state index in [9.17, 15) is 4.79 Å². The number of fused-ring (bicyclic) bond motifs is 1. The van der Waals surface area contributed by atoms with Crippen molar-refractivity contribution in [2.75, 3.05) is 0 Å². The van der Waals surface area contributed by atoms with Crippen molar-refractivity contribution in [3.05, 3.63) is 70.5 Å². The molecule has 0 aliphatic carbocycles.